The molecular formula is C20H22Cl2. The van der Waals surface area contributed by atoms with Crippen molar-refractivity contribution in [3.8, 4) is 0 Å². The van der Waals surface area contributed by atoms with Crippen molar-refractivity contribution < 1.29 is 0 Å². The van der Waals surface area contributed by atoms with Gasteiger partial charge >= 0.3 is 0 Å². The van der Waals surface area contributed by atoms with Crippen LogP contribution in [0.25, 0.3) is 0 Å². The lowest BCUT2D eigenvalue weighted by molar-refractivity contribution is 0.832. The molecule has 0 aromatic heterocycles. The molecule has 3 rings (SSSR count). The molecule has 0 aliphatic heterocycles. The normalized spacial score (nSPS) is 14.0. The third-order valence-electron chi connectivity index (χ3n) is 4.93. The largest absolute Gasteiger partial charge is 0.122 e. The summed E-state index contributed by atoms with van der Waals surface area (Å²) in [5.74, 6) is 1.21. The Morgan fingerprint density at radius 3 is 1.27 bits per heavy atom. The Labute approximate surface area is 143 Å². The number of alkyl halides is 2. The Balaban J connectivity index is 1.97. The Bertz CT molecular complexity index is 640. The molecule has 2 heteroatoms. The second kappa shape index (κ2) is 6.64. The van der Waals surface area contributed by atoms with Gasteiger partial charge in [0.2, 0.25) is 0 Å². The van der Waals surface area contributed by atoms with Crippen molar-refractivity contribution in [1.82, 2.24) is 0 Å². The van der Waals surface area contributed by atoms with Gasteiger partial charge in [0.05, 0.1) is 0 Å². The Morgan fingerprint density at radius 1 is 0.636 bits per heavy atom. The maximum atomic E-state index is 6.07. The lowest BCUT2D eigenvalue weighted by Crippen LogP contribution is -2.09. The van der Waals surface area contributed by atoms with Crippen LogP contribution >= 0.6 is 23.2 Å². The fourth-order valence-electron chi connectivity index (χ4n) is 3.48. The first-order valence-electron chi connectivity index (χ1n) is 7.97. The quantitative estimate of drug-likeness (QED) is 0.622. The minimum atomic E-state index is 0.605. The topological polar surface area (TPSA) is 0 Å². The number of halogens is 2. The van der Waals surface area contributed by atoms with E-state index in [1.54, 1.807) is 0 Å². The number of benzene rings is 2. The van der Waals surface area contributed by atoms with E-state index in [1.165, 1.54) is 44.5 Å². The lowest BCUT2D eigenvalue weighted by Gasteiger charge is -2.20. The van der Waals surface area contributed by atoms with E-state index in [2.05, 4.69) is 38.1 Å². The number of aryl methyl sites for hydroxylation is 6. The lowest BCUT2D eigenvalue weighted by atomic mass is 9.85. The SMILES string of the molecule is Cc1cc2c(cc1CCl)CCc1cc(C)c(CCl)cc1CC2. The minimum absolute atomic E-state index is 0.605. The molecule has 22 heavy (non-hydrogen) atoms. The molecule has 0 amide bonds. The summed E-state index contributed by atoms with van der Waals surface area (Å²) in [5, 5.41) is 0. The molecule has 0 N–H and O–H groups in total. The average molecular weight is 333 g/mol. The van der Waals surface area contributed by atoms with Crippen LogP contribution < -0.4 is 0 Å². The fraction of sp³-hybridized carbons (Fsp3) is 0.400. The van der Waals surface area contributed by atoms with Crippen LogP contribution in [0.4, 0.5) is 0 Å². The van der Waals surface area contributed by atoms with Gasteiger partial charge in [0, 0.05) is 11.8 Å². The van der Waals surface area contributed by atoms with E-state index >= 15 is 0 Å². The van der Waals surface area contributed by atoms with Gasteiger partial charge in [0.1, 0.15) is 0 Å². The zero-order valence-electron chi connectivity index (χ0n) is 13.3. The van der Waals surface area contributed by atoms with Gasteiger partial charge < -0.3 is 0 Å². The molecule has 1 aliphatic carbocycles. The van der Waals surface area contributed by atoms with Crippen LogP contribution in [-0.4, -0.2) is 0 Å². The van der Waals surface area contributed by atoms with E-state index in [0.29, 0.717) is 11.8 Å². The summed E-state index contributed by atoms with van der Waals surface area (Å²) in [7, 11) is 0. The van der Waals surface area contributed by atoms with Crippen molar-refractivity contribution in [2.24, 2.45) is 0 Å². The highest BCUT2D eigenvalue weighted by atomic mass is 35.5. The summed E-state index contributed by atoms with van der Waals surface area (Å²) < 4.78 is 0. The van der Waals surface area contributed by atoms with Crippen molar-refractivity contribution in [3.05, 3.63) is 68.8 Å². The van der Waals surface area contributed by atoms with Gasteiger partial charge in [-0.1, -0.05) is 24.3 Å². The molecule has 0 heterocycles. The Morgan fingerprint density at radius 2 is 0.955 bits per heavy atom. The van der Waals surface area contributed by atoms with Crippen molar-refractivity contribution >= 4 is 23.2 Å². The molecule has 2 aromatic carbocycles. The number of hydrogen-bond acceptors (Lipinski definition) is 0. The van der Waals surface area contributed by atoms with E-state index in [4.69, 9.17) is 23.2 Å². The average Bonchev–Trinajstić information content (AvgIpc) is 2.51. The molecule has 2 aromatic rings. The fourth-order valence-corrected chi connectivity index (χ4v) is 4.06. The van der Waals surface area contributed by atoms with Crippen molar-refractivity contribution in [3.63, 3.8) is 0 Å². The molecule has 0 saturated heterocycles. The van der Waals surface area contributed by atoms with Crippen LogP contribution in [0, 0.1) is 13.8 Å². The monoisotopic (exact) mass is 332 g/mol. The minimum Gasteiger partial charge on any atom is -0.122 e. The van der Waals surface area contributed by atoms with Gasteiger partial charge in [0.15, 0.2) is 0 Å². The van der Waals surface area contributed by atoms with Crippen LogP contribution in [0.1, 0.15) is 44.5 Å². The summed E-state index contributed by atoms with van der Waals surface area (Å²) in [4.78, 5) is 0. The molecule has 1 aliphatic rings. The van der Waals surface area contributed by atoms with E-state index < -0.39 is 0 Å². The molecule has 116 valence electrons. The van der Waals surface area contributed by atoms with Gasteiger partial charge in [-0.25, -0.2) is 0 Å². The van der Waals surface area contributed by atoms with Gasteiger partial charge in [-0.15, -0.1) is 23.2 Å². The van der Waals surface area contributed by atoms with Crippen LogP contribution in [0.2, 0.25) is 0 Å². The van der Waals surface area contributed by atoms with Gasteiger partial charge in [-0.3, -0.25) is 0 Å². The second-order valence-electron chi connectivity index (χ2n) is 6.36. The standard InChI is InChI=1S/C20H22Cl2/c1-13-7-15-3-5-18-10-20(12-22)14(2)8-16(18)4-6-17(15)9-19(13)11-21/h7-10H,3-6,11-12H2,1-2H3. The first-order valence-corrected chi connectivity index (χ1v) is 9.03. The molecule has 0 spiro atoms. The van der Waals surface area contributed by atoms with Crippen LogP contribution in [0.15, 0.2) is 24.3 Å². The van der Waals surface area contributed by atoms with Crippen LogP contribution in [0.3, 0.4) is 0 Å². The maximum Gasteiger partial charge on any atom is 0.0476 e. The smallest absolute Gasteiger partial charge is 0.0476 e. The summed E-state index contributed by atoms with van der Waals surface area (Å²) in [6.07, 6.45) is 4.42. The van der Waals surface area contributed by atoms with Gasteiger partial charge in [-0.05, 0) is 84.0 Å². The highest BCUT2D eigenvalue weighted by Gasteiger charge is 2.14. The van der Waals surface area contributed by atoms with Crippen LogP contribution in [0.5, 0.6) is 0 Å². The predicted molar refractivity (Wildman–Crippen MR) is 96.3 cm³/mol. The summed E-state index contributed by atoms with van der Waals surface area (Å²) in [6, 6.07) is 9.33. The van der Waals surface area contributed by atoms with Gasteiger partial charge in [0.25, 0.3) is 0 Å². The molecule has 0 bridgehead atoms. The number of fused-ring (bicyclic) bond motifs is 2. The van der Waals surface area contributed by atoms with E-state index in [-0.39, 0.29) is 0 Å². The molecule has 0 unspecified atom stereocenters. The van der Waals surface area contributed by atoms with E-state index in [0.717, 1.165) is 25.7 Å². The highest BCUT2D eigenvalue weighted by molar-refractivity contribution is 6.17. The Hall–Kier alpha value is -0.980. The number of hydrogen-bond donors (Lipinski definition) is 0. The summed E-state index contributed by atoms with van der Waals surface area (Å²) >= 11 is 12.1. The van der Waals surface area contributed by atoms with Crippen molar-refractivity contribution in [1.29, 1.82) is 0 Å². The van der Waals surface area contributed by atoms with Crippen LogP contribution in [-0.2, 0) is 37.4 Å². The Kier molecular flexibility index (Phi) is 4.80. The zero-order chi connectivity index (χ0) is 15.7. The number of rotatable bonds is 2. The third-order valence-corrected chi connectivity index (χ3v) is 5.51. The highest BCUT2D eigenvalue weighted by Crippen LogP contribution is 2.27. The zero-order valence-corrected chi connectivity index (χ0v) is 14.8. The predicted octanol–water partition coefficient (Wildman–Crippen LogP) is 5.66. The van der Waals surface area contributed by atoms with Crippen molar-refractivity contribution in [2.45, 2.75) is 51.3 Å². The van der Waals surface area contributed by atoms with Gasteiger partial charge in [-0.2, -0.15) is 0 Å². The van der Waals surface area contributed by atoms with E-state index in [1.807, 2.05) is 0 Å². The molecule has 0 atom stereocenters. The van der Waals surface area contributed by atoms with E-state index in [9.17, 15) is 0 Å². The molecule has 0 saturated carbocycles. The maximum absolute atomic E-state index is 6.07. The third kappa shape index (κ3) is 3.05. The first-order chi connectivity index (χ1) is 10.6. The van der Waals surface area contributed by atoms with Crippen molar-refractivity contribution in [2.75, 3.05) is 0 Å². The molecule has 0 radical (unpaired) electrons. The summed E-state index contributed by atoms with van der Waals surface area (Å²) in [6.45, 7) is 4.33. The second-order valence-corrected chi connectivity index (χ2v) is 6.90. The first kappa shape index (κ1) is 15.9. The molecular weight excluding hydrogens is 311 g/mol. The molecule has 0 nitrogen and oxygen atoms in total. The molecule has 0 fully saturated rings. The summed E-state index contributed by atoms with van der Waals surface area (Å²) in [5.41, 5.74) is 11.1.